The van der Waals surface area contributed by atoms with E-state index in [0.29, 0.717) is 0 Å². The molecular weight excluding hydrogens is 402 g/mol. The number of hydrogen-bond donors (Lipinski definition) is 0. The Kier molecular flexibility index (Phi) is 5.96. The lowest BCUT2D eigenvalue weighted by Gasteiger charge is -2.26. The summed E-state index contributed by atoms with van der Waals surface area (Å²) in [7, 11) is -2.59. The number of halogens is 1. The molecule has 0 unspecified atom stereocenters. The van der Waals surface area contributed by atoms with Gasteiger partial charge in [-0.15, -0.1) is 11.3 Å². The van der Waals surface area contributed by atoms with Gasteiger partial charge in [-0.25, -0.2) is 8.42 Å². The van der Waals surface area contributed by atoms with Gasteiger partial charge in [-0.1, -0.05) is 18.2 Å². The van der Waals surface area contributed by atoms with Crippen molar-refractivity contribution in [2.45, 2.75) is 24.4 Å². The zero-order valence-electron chi connectivity index (χ0n) is 12.6. The van der Waals surface area contributed by atoms with Crippen LogP contribution >= 0.6 is 27.3 Å². The highest BCUT2D eigenvalue weighted by molar-refractivity contribution is 9.10. The highest BCUT2D eigenvalue weighted by atomic mass is 79.9. The van der Waals surface area contributed by atoms with Gasteiger partial charge >= 0.3 is 5.97 Å². The van der Waals surface area contributed by atoms with E-state index in [4.69, 9.17) is 4.74 Å². The van der Waals surface area contributed by atoms with Crippen molar-refractivity contribution >= 4 is 43.3 Å². The maximum atomic E-state index is 12.9. The van der Waals surface area contributed by atoms with E-state index in [1.54, 1.807) is 18.2 Å². The lowest BCUT2D eigenvalue weighted by molar-refractivity contribution is -0.144. The Morgan fingerprint density at radius 1 is 1.30 bits per heavy atom. The van der Waals surface area contributed by atoms with Gasteiger partial charge in [0, 0.05) is 9.35 Å². The Morgan fingerprint density at radius 3 is 2.48 bits per heavy atom. The summed E-state index contributed by atoms with van der Waals surface area (Å²) in [4.78, 5) is 12.9. The highest BCUT2D eigenvalue weighted by Gasteiger charge is 2.34. The molecule has 8 heteroatoms. The summed E-state index contributed by atoms with van der Waals surface area (Å²) >= 11 is 4.81. The minimum absolute atomic E-state index is 0.0890. The predicted octanol–water partition coefficient (Wildman–Crippen LogP) is 3.26. The molecule has 1 aromatic heterocycles. The molecule has 5 nitrogen and oxygen atoms in total. The molecule has 2 aromatic rings. The molecule has 23 heavy (non-hydrogen) atoms. The molecule has 0 aliphatic rings. The number of carbonyl (C=O) groups excluding carboxylic acids is 1. The van der Waals surface area contributed by atoms with Gasteiger partial charge in [-0.05, 0) is 46.4 Å². The standard InChI is InChI=1S/C15H16BrNO4S2/c1-11(15(18)21-2)17(10-14-13(16)8-9-22-14)23(19,20)12-6-4-3-5-7-12/h3-9,11H,10H2,1-2H3/t11-/m0/s1. The number of carbonyl (C=O) groups is 1. The molecule has 1 aromatic carbocycles. The number of sulfonamides is 1. The van der Waals surface area contributed by atoms with Crippen LogP contribution in [0.25, 0.3) is 0 Å². The van der Waals surface area contributed by atoms with Crippen LogP contribution < -0.4 is 0 Å². The fraction of sp³-hybridized carbons (Fsp3) is 0.267. The highest BCUT2D eigenvalue weighted by Crippen LogP contribution is 2.28. The molecule has 0 saturated carbocycles. The van der Waals surface area contributed by atoms with Crippen molar-refractivity contribution in [1.29, 1.82) is 0 Å². The number of methoxy groups -OCH3 is 1. The fourth-order valence-electron chi connectivity index (χ4n) is 2.03. The SMILES string of the molecule is COC(=O)[C@H](C)N(Cc1sccc1Br)S(=O)(=O)c1ccccc1. The van der Waals surface area contributed by atoms with Crippen molar-refractivity contribution in [3.63, 3.8) is 0 Å². The number of ether oxygens (including phenoxy) is 1. The molecule has 0 amide bonds. The van der Waals surface area contributed by atoms with Crippen LogP contribution in [-0.4, -0.2) is 31.8 Å². The lowest BCUT2D eigenvalue weighted by atomic mass is 10.3. The maximum Gasteiger partial charge on any atom is 0.323 e. The zero-order valence-corrected chi connectivity index (χ0v) is 15.8. The minimum Gasteiger partial charge on any atom is -0.468 e. The third-order valence-corrected chi connectivity index (χ3v) is 7.16. The van der Waals surface area contributed by atoms with Crippen molar-refractivity contribution in [3.8, 4) is 0 Å². The van der Waals surface area contributed by atoms with Crippen molar-refractivity contribution in [3.05, 3.63) is 51.1 Å². The van der Waals surface area contributed by atoms with Gasteiger partial charge in [0.2, 0.25) is 10.0 Å². The first-order valence-electron chi connectivity index (χ1n) is 6.74. The summed E-state index contributed by atoms with van der Waals surface area (Å²) in [6.07, 6.45) is 0. The second-order valence-electron chi connectivity index (χ2n) is 4.75. The van der Waals surface area contributed by atoms with Crippen LogP contribution in [0.4, 0.5) is 0 Å². The molecule has 124 valence electrons. The van der Waals surface area contributed by atoms with E-state index < -0.39 is 22.0 Å². The van der Waals surface area contributed by atoms with Gasteiger partial charge in [0.1, 0.15) is 6.04 Å². The van der Waals surface area contributed by atoms with Crippen molar-refractivity contribution in [2.75, 3.05) is 7.11 Å². The van der Waals surface area contributed by atoms with E-state index in [2.05, 4.69) is 15.9 Å². The Morgan fingerprint density at radius 2 is 1.96 bits per heavy atom. The van der Waals surface area contributed by atoms with Crippen LogP contribution in [-0.2, 0) is 26.1 Å². The second kappa shape index (κ2) is 7.57. The van der Waals surface area contributed by atoms with E-state index in [0.717, 1.165) is 13.7 Å². The van der Waals surface area contributed by atoms with E-state index in [1.807, 2.05) is 11.4 Å². The Bertz CT molecular complexity index is 774. The minimum atomic E-state index is -3.83. The van der Waals surface area contributed by atoms with Crippen LogP contribution in [0.5, 0.6) is 0 Å². The second-order valence-corrected chi connectivity index (χ2v) is 8.50. The molecule has 1 heterocycles. The maximum absolute atomic E-state index is 12.9. The molecule has 0 bridgehead atoms. The van der Waals surface area contributed by atoms with Gasteiger partial charge in [-0.2, -0.15) is 4.31 Å². The predicted molar refractivity (Wildman–Crippen MR) is 92.7 cm³/mol. The first kappa shape index (κ1) is 18.1. The van der Waals surface area contributed by atoms with Crippen LogP contribution in [0.3, 0.4) is 0 Å². The Balaban J connectivity index is 2.45. The van der Waals surface area contributed by atoms with Gasteiger partial charge in [-0.3, -0.25) is 4.79 Å². The lowest BCUT2D eigenvalue weighted by Crippen LogP contribution is -2.43. The Labute approximate surface area is 148 Å². The summed E-state index contributed by atoms with van der Waals surface area (Å²) in [5, 5.41) is 1.86. The summed E-state index contributed by atoms with van der Waals surface area (Å²) in [5.74, 6) is -0.600. The number of hydrogen-bond acceptors (Lipinski definition) is 5. The molecule has 0 aliphatic carbocycles. The van der Waals surface area contributed by atoms with Gasteiger partial charge in [0.25, 0.3) is 0 Å². The van der Waals surface area contributed by atoms with Crippen molar-refractivity contribution in [1.82, 2.24) is 4.31 Å². The van der Waals surface area contributed by atoms with Gasteiger partial charge in [0.15, 0.2) is 0 Å². The third-order valence-electron chi connectivity index (χ3n) is 3.31. The molecular formula is C15H16BrNO4S2. The molecule has 2 rings (SSSR count). The van der Waals surface area contributed by atoms with Crippen molar-refractivity contribution < 1.29 is 17.9 Å². The first-order valence-corrected chi connectivity index (χ1v) is 9.85. The average molecular weight is 418 g/mol. The van der Waals surface area contributed by atoms with E-state index in [1.165, 1.54) is 37.5 Å². The smallest absolute Gasteiger partial charge is 0.323 e. The number of thiophene rings is 1. The third kappa shape index (κ3) is 4.00. The summed E-state index contributed by atoms with van der Waals surface area (Å²) in [5.41, 5.74) is 0. The number of rotatable bonds is 6. The zero-order chi connectivity index (χ0) is 17.0. The molecule has 1 atom stereocenters. The summed E-state index contributed by atoms with van der Waals surface area (Å²) in [6.45, 7) is 1.61. The van der Waals surface area contributed by atoms with Crippen LogP contribution in [0.1, 0.15) is 11.8 Å². The van der Waals surface area contributed by atoms with E-state index >= 15 is 0 Å². The molecule has 0 radical (unpaired) electrons. The van der Waals surface area contributed by atoms with E-state index in [9.17, 15) is 13.2 Å². The number of esters is 1. The van der Waals surface area contributed by atoms with Gasteiger partial charge < -0.3 is 4.74 Å². The first-order chi connectivity index (χ1) is 10.9. The fourth-order valence-corrected chi connectivity index (χ4v) is 5.16. The van der Waals surface area contributed by atoms with Crippen LogP contribution in [0.15, 0.2) is 51.1 Å². The molecule has 0 saturated heterocycles. The van der Waals surface area contributed by atoms with E-state index in [-0.39, 0.29) is 11.4 Å². The molecule has 0 spiro atoms. The topological polar surface area (TPSA) is 63.7 Å². The van der Waals surface area contributed by atoms with Crippen molar-refractivity contribution in [2.24, 2.45) is 0 Å². The van der Waals surface area contributed by atoms with Crippen LogP contribution in [0.2, 0.25) is 0 Å². The molecule has 0 fully saturated rings. The normalized spacial score (nSPS) is 13.0. The molecule has 0 N–H and O–H groups in total. The largest absolute Gasteiger partial charge is 0.468 e. The number of benzene rings is 1. The summed E-state index contributed by atoms with van der Waals surface area (Å²) in [6, 6.07) is 8.97. The monoisotopic (exact) mass is 417 g/mol. The molecule has 0 aliphatic heterocycles. The summed E-state index contributed by atoms with van der Waals surface area (Å²) < 4.78 is 32.6. The average Bonchev–Trinajstić information content (AvgIpc) is 2.96. The van der Waals surface area contributed by atoms with Crippen LogP contribution in [0, 0.1) is 0 Å². The van der Waals surface area contributed by atoms with Gasteiger partial charge in [0.05, 0.1) is 18.6 Å². The quantitative estimate of drug-likeness (QED) is 0.676. The number of nitrogens with zero attached hydrogens (tertiary/aromatic N) is 1. The Hall–Kier alpha value is -1.22.